The molecule has 2 saturated heterocycles. The van der Waals surface area contributed by atoms with Crippen molar-refractivity contribution in [3.63, 3.8) is 0 Å². The maximum absolute atomic E-state index is 13.2. The van der Waals surface area contributed by atoms with Crippen molar-refractivity contribution in [2.75, 3.05) is 19.6 Å². The van der Waals surface area contributed by atoms with Crippen LogP contribution in [0.4, 0.5) is 0 Å². The number of amides is 1. The number of carbonyl (C=O) groups excluding carboxylic acids is 1. The van der Waals surface area contributed by atoms with Crippen molar-refractivity contribution < 1.29 is 13.2 Å². The van der Waals surface area contributed by atoms with E-state index in [2.05, 4.69) is 23.5 Å². The first kappa shape index (κ1) is 23.5. The number of likely N-dealkylation sites (tertiary alicyclic amines) is 2. The maximum atomic E-state index is 13.2. The summed E-state index contributed by atoms with van der Waals surface area (Å²) in [4.78, 5) is 17.8. The Morgan fingerprint density at radius 1 is 1.06 bits per heavy atom. The summed E-state index contributed by atoms with van der Waals surface area (Å²) in [5, 5.41) is 2.27. The molecule has 0 spiro atoms. The Labute approximate surface area is 196 Å². The van der Waals surface area contributed by atoms with Crippen molar-refractivity contribution in [2.45, 2.75) is 69.0 Å². The smallest absolute Gasteiger partial charge is 0.241 e. The minimum absolute atomic E-state index is 0.0885. The lowest BCUT2D eigenvalue weighted by Crippen LogP contribution is -2.57. The third kappa shape index (κ3) is 4.96. The number of halogens is 1. The molecule has 0 aliphatic carbocycles. The molecule has 174 valence electrons. The van der Waals surface area contributed by atoms with Gasteiger partial charge in [-0.05, 0) is 74.1 Å². The van der Waals surface area contributed by atoms with Crippen molar-refractivity contribution in [1.82, 2.24) is 14.5 Å². The predicted molar refractivity (Wildman–Crippen MR) is 128 cm³/mol. The van der Waals surface area contributed by atoms with Crippen LogP contribution in [0.1, 0.15) is 46.0 Å². The molecule has 2 aromatic rings. The Bertz CT molecular complexity index is 1080. The molecule has 8 heteroatoms. The van der Waals surface area contributed by atoms with E-state index in [4.69, 9.17) is 11.6 Å². The van der Waals surface area contributed by atoms with Gasteiger partial charge in [-0.1, -0.05) is 30.7 Å². The lowest BCUT2D eigenvalue weighted by atomic mass is 9.97. The molecule has 2 heterocycles. The number of piperidine rings is 2. The number of benzene rings is 2. The van der Waals surface area contributed by atoms with Gasteiger partial charge in [0, 0.05) is 36.7 Å². The highest BCUT2D eigenvalue weighted by Gasteiger charge is 2.37. The first-order valence-electron chi connectivity index (χ1n) is 11.5. The number of nitrogens with one attached hydrogen (secondary N) is 1. The third-order valence-corrected chi connectivity index (χ3v) is 8.71. The van der Waals surface area contributed by atoms with Crippen molar-refractivity contribution in [1.29, 1.82) is 0 Å². The molecule has 0 aromatic heterocycles. The number of hydrogen-bond acceptors (Lipinski definition) is 4. The molecule has 0 radical (unpaired) electrons. The molecule has 2 atom stereocenters. The summed E-state index contributed by atoms with van der Waals surface area (Å²) < 4.78 is 28.8. The quantitative estimate of drug-likeness (QED) is 0.682. The molecule has 1 N–H and O–H groups in total. The molecule has 0 saturated carbocycles. The van der Waals surface area contributed by atoms with Crippen LogP contribution in [-0.4, -0.2) is 61.9 Å². The Balaban J connectivity index is 1.45. The molecule has 2 fully saturated rings. The molecule has 2 aromatic carbocycles. The topological polar surface area (TPSA) is 69.7 Å². The van der Waals surface area contributed by atoms with E-state index in [1.807, 2.05) is 4.90 Å². The molecular weight excluding hydrogens is 446 g/mol. The van der Waals surface area contributed by atoms with Gasteiger partial charge in [-0.3, -0.25) is 4.79 Å². The maximum Gasteiger partial charge on any atom is 0.241 e. The first-order chi connectivity index (χ1) is 15.3. The first-order valence-corrected chi connectivity index (χ1v) is 13.4. The Hall–Kier alpha value is -1.67. The van der Waals surface area contributed by atoms with Crippen molar-refractivity contribution in [3.8, 4) is 0 Å². The lowest BCUT2D eigenvalue weighted by molar-refractivity contribution is -0.139. The predicted octanol–water partition coefficient (Wildman–Crippen LogP) is 4.03. The number of nitrogens with zero attached hydrogens (tertiary/aromatic N) is 2. The van der Waals surface area contributed by atoms with Crippen LogP contribution < -0.4 is 4.72 Å². The van der Waals surface area contributed by atoms with E-state index in [9.17, 15) is 13.2 Å². The molecule has 1 unspecified atom stereocenters. The van der Waals surface area contributed by atoms with Crippen LogP contribution in [0.2, 0.25) is 5.02 Å². The zero-order chi connectivity index (χ0) is 22.9. The molecule has 0 bridgehead atoms. The molecule has 4 rings (SSSR count). The summed E-state index contributed by atoms with van der Waals surface area (Å²) in [5.41, 5.74) is 0. The largest absolute Gasteiger partial charge is 0.338 e. The van der Waals surface area contributed by atoms with Crippen LogP contribution in [0.15, 0.2) is 41.3 Å². The van der Waals surface area contributed by atoms with E-state index < -0.39 is 16.1 Å². The van der Waals surface area contributed by atoms with Crippen LogP contribution >= 0.6 is 11.6 Å². The summed E-state index contributed by atoms with van der Waals surface area (Å²) in [6.45, 7) is 7.13. The number of carbonyl (C=O) groups is 1. The van der Waals surface area contributed by atoms with Gasteiger partial charge in [0.1, 0.15) is 6.04 Å². The van der Waals surface area contributed by atoms with Crippen LogP contribution in [0.3, 0.4) is 0 Å². The fourth-order valence-electron chi connectivity index (χ4n) is 4.89. The second-order valence-corrected chi connectivity index (χ2v) is 11.2. The SMILES string of the molecule is CCC(C)N1CCC(N2CCC[C@H](NS(=O)(=O)c3ccc4cc(Cl)ccc4c3)C2=O)CC1. The van der Waals surface area contributed by atoms with Crippen molar-refractivity contribution >= 4 is 38.3 Å². The molecule has 2 aliphatic heterocycles. The van der Waals surface area contributed by atoms with Gasteiger partial charge < -0.3 is 9.80 Å². The zero-order valence-corrected chi connectivity index (χ0v) is 20.3. The second kappa shape index (κ2) is 9.67. The van der Waals surface area contributed by atoms with Crippen LogP contribution in [-0.2, 0) is 14.8 Å². The Morgan fingerprint density at radius 3 is 2.47 bits per heavy atom. The van der Waals surface area contributed by atoms with E-state index in [0.29, 0.717) is 24.0 Å². The normalized spacial score (nSPS) is 22.4. The van der Waals surface area contributed by atoms with Crippen LogP contribution in [0, 0.1) is 0 Å². The fraction of sp³-hybridized carbons (Fsp3) is 0.542. The Morgan fingerprint density at radius 2 is 1.75 bits per heavy atom. The van der Waals surface area contributed by atoms with Gasteiger partial charge in [0.2, 0.25) is 15.9 Å². The van der Waals surface area contributed by atoms with Gasteiger partial charge in [-0.2, -0.15) is 4.72 Å². The van der Waals surface area contributed by atoms with Gasteiger partial charge >= 0.3 is 0 Å². The summed E-state index contributed by atoms with van der Waals surface area (Å²) >= 11 is 6.03. The van der Waals surface area contributed by atoms with E-state index in [1.54, 1.807) is 36.4 Å². The number of fused-ring (bicyclic) bond motifs is 1. The standard InChI is InChI=1S/C24H32ClN3O3S/c1-3-17(2)27-13-10-21(11-14-27)28-12-4-5-23(24(28)29)26-32(30,31)22-9-7-18-15-20(25)8-6-19(18)16-22/h6-9,15-17,21,23,26H,3-5,10-14H2,1-2H3/t17?,23-/m0/s1. The summed E-state index contributed by atoms with van der Waals surface area (Å²) in [6, 6.07) is 10.3. The highest BCUT2D eigenvalue weighted by molar-refractivity contribution is 7.89. The highest BCUT2D eigenvalue weighted by Crippen LogP contribution is 2.26. The average molecular weight is 478 g/mol. The number of rotatable bonds is 6. The van der Waals surface area contributed by atoms with E-state index in [0.717, 1.165) is 49.5 Å². The van der Waals surface area contributed by atoms with Crippen molar-refractivity contribution in [2.24, 2.45) is 0 Å². The van der Waals surface area contributed by atoms with Gasteiger partial charge in [-0.25, -0.2) is 8.42 Å². The van der Waals surface area contributed by atoms with Crippen molar-refractivity contribution in [3.05, 3.63) is 41.4 Å². The van der Waals surface area contributed by atoms with E-state index >= 15 is 0 Å². The minimum Gasteiger partial charge on any atom is -0.338 e. The van der Waals surface area contributed by atoms with E-state index in [1.165, 1.54) is 0 Å². The van der Waals surface area contributed by atoms with Gasteiger partial charge in [0.25, 0.3) is 0 Å². The minimum atomic E-state index is -3.81. The Kier molecular flexibility index (Phi) is 7.10. The van der Waals surface area contributed by atoms with Crippen LogP contribution in [0.25, 0.3) is 10.8 Å². The van der Waals surface area contributed by atoms with Gasteiger partial charge in [0.15, 0.2) is 0 Å². The molecule has 32 heavy (non-hydrogen) atoms. The summed E-state index contributed by atoms with van der Waals surface area (Å²) in [7, 11) is -3.81. The molecule has 1 amide bonds. The second-order valence-electron chi connectivity index (χ2n) is 9.03. The monoisotopic (exact) mass is 477 g/mol. The lowest BCUT2D eigenvalue weighted by Gasteiger charge is -2.43. The van der Waals surface area contributed by atoms with Crippen LogP contribution in [0.5, 0.6) is 0 Å². The highest BCUT2D eigenvalue weighted by atomic mass is 35.5. The molecule has 2 aliphatic rings. The zero-order valence-electron chi connectivity index (χ0n) is 18.8. The third-order valence-electron chi connectivity index (χ3n) is 7.01. The number of sulfonamides is 1. The van der Waals surface area contributed by atoms with E-state index in [-0.39, 0.29) is 16.8 Å². The molecular formula is C24H32ClN3O3S. The fourth-order valence-corrected chi connectivity index (χ4v) is 6.32. The summed E-state index contributed by atoms with van der Waals surface area (Å²) in [6.07, 6.45) is 4.36. The molecule has 6 nitrogen and oxygen atoms in total. The number of hydrogen-bond donors (Lipinski definition) is 1. The van der Waals surface area contributed by atoms with Gasteiger partial charge in [0.05, 0.1) is 4.90 Å². The van der Waals surface area contributed by atoms with Gasteiger partial charge in [-0.15, -0.1) is 0 Å². The average Bonchev–Trinajstić information content (AvgIpc) is 2.79. The summed E-state index contributed by atoms with van der Waals surface area (Å²) in [5.74, 6) is -0.0885.